The number of hydrogen-bond donors (Lipinski definition) is 1. The lowest BCUT2D eigenvalue weighted by Gasteiger charge is -2.25. The third-order valence-corrected chi connectivity index (χ3v) is 4.92. The molecule has 2 N–H and O–H groups in total. The molecular weight excluding hydrogens is 338 g/mol. The Kier molecular flexibility index (Phi) is 5.81. The maximum Gasteiger partial charge on any atom is 0.219 e. The number of aryl methyl sites for hydroxylation is 1. The van der Waals surface area contributed by atoms with Gasteiger partial charge in [-0.25, -0.2) is 0 Å². The fraction of sp³-hybridized carbons (Fsp3) is 0.318. The Morgan fingerprint density at radius 3 is 2.59 bits per heavy atom. The molecule has 0 fully saturated rings. The number of methoxy groups -OCH3 is 1. The lowest BCUT2D eigenvalue weighted by Crippen LogP contribution is -2.41. The van der Waals surface area contributed by atoms with E-state index in [1.807, 2.05) is 43.4 Å². The number of aromatic nitrogens is 1. The van der Waals surface area contributed by atoms with Crippen LogP contribution in [0.25, 0.3) is 10.9 Å². The van der Waals surface area contributed by atoms with Crippen LogP contribution < -0.4 is 10.5 Å². The van der Waals surface area contributed by atoms with Gasteiger partial charge in [-0.2, -0.15) is 0 Å². The molecule has 5 heteroatoms. The van der Waals surface area contributed by atoms with Gasteiger partial charge in [-0.1, -0.05) is 36.4 Å². The summed E-state index contributed by atoms with van der Waals surface area (Å²) >= 11 is 0. The summed E-state index contributed by atoms with van der Waals surface area (Å²) in [5, 5.41) is 1.22. The van der Waals surface area contributed by atoms with Crippen molar-refractivity contribution >= 4 is 16.8 Å². The van der Waals surface area contributed by atoms with Crippen molar-refractivity contribution in [1.82, 2.24) is 9.47 Å². The number of carbonyl (C=O) groups excluding carboxylic acids is 1. The Morgan fingerprint density at radius 2 is 1.85 bits per heavy atom. The zero-order chi connectivity index (χ0) is 19.4. The van der Waals surface area contributed by atoms with E-state index in [0.717, 1.165) is 17.7 Å². The highest BCUT2D eigenvalue weighted by atomic mass is 16.5. The SMILES string of the molecule is COc1ccccc1CN(CC(N)Cc1cn(C)c2ccccc12)C(C)=O. The van der Waals surface area contributed by atoms with E-state index in [2.05, 4.69) is 22.9 Å². The quantitative estimate of drug-likeness (QED) is 0.700. The molecule has 0 bridgehead atoms. The van der Waals surface area contributed by atoms with Gasteiger partial charge in [0.05, 0.1) is 7.11 Å². The summed E-state index contributed by atoms with van der Waals surface area (Å²) in [6.45, 7) is 2.57. The zero-order valence-electron chi connectivity index (χ0n) is 16.2. The number of ether oxygens (including phenoxy) is 1. The minimum Gasteiger partial charge on any atom is -0.496 e. The molecule has 1 heterocycles. The summed E-state index contributed by atoms with van der Waals surface area (Å²) in [6.07, 6.45) is 2.85. The molecule has 0 radical (unpaired) electrons. The number of amides is 1. The van der Waals surface area contributed by atoms with Crippen LogP contribution in [-0.4, -0.2) is 35.1 Å². The average molecular weight is 365 g/mol. The summed E-state index contributed by atoms with van der Waals surface area (Å²) in [6, 6.07) is 15.9. The number of rotatable bonds is 7. The first-order valence-corrected chi connectivity index (χ1v) is 9.15. The molecule has 1 aromatic heterocycles. The second-order valence-electron chi connectivity index (χ2n) is 6.96. The zero-order valence-corrected chi connectivity index (χ0v) is 16.2. The van der Waals surface area contributed by atoms with Crippen molar-refractivity contribution in [2.45, 2.75) is 25.9 Å². The van der Waals surface area contributed by atoms with Crippen LogP contribution in [0.1, 0.15) is 18.1 Å². The number of hydrogen-bond acceptors (Lipinski definition) is 3. The first-order valence-electron chi connectivity index (χ1n) is 9.15. The summed E-state index contributed by atoms with van der Waals surface area (Å²) in [5.41, 5.74) is 9.82. The van der Waals surface area contributed by atoms with Gasteiger partial charge < -0.3 is 19.9 Å². The highest BCUT2D eigenvalue weighted by Crippen LogP contribution is 2.22. The fourth-order valence-corrected chi connectivity index (χ4v) is 3.56. The molecule has 1 unspecified atom stereocenters. The van der Waals surface area contributed by atoms with Gasteiger partial charge in [0.25, 0.3) is 0 Å². The Labute approximate surface area is 160 Å². The summed E-state index contributed by atoms with van der Waals surface area (Å²) in [7, 11) is 3.68. The second kappa shape index (κ2) is 8.27. The normalized spacial score (nSPS) is 12.1. The van der Waals surface area contributed by atoms with Crippen LogP contribution in [-0.2, 0) is 24.8 Å². The minimum absolute atomic E-state index is 0.00859. The number of para-hydroxylation sites is 2. The van der Waals surface area contributed by atoms with Gasteiger partial charge in [0.15, 0.2) is 0 Å². The molecule has 0 aliphatic carbocycles. The van der Waals surface area contributed by atoms with E-state index in [1.165, 1.54) is 16.5 Å². The largest absolute Gasteiger partial charge is 0.496 e. The summed E-state index contributed by atoms with van der Waals surface area (Å²) in [4.78, 5) is 14.0. The third kappa shape index (κ3) is 4.31. The van der Waals surface area contributed by atoms with Crippen molar-refractivity contribution < 1.29 is 9.53 Å². The van der Waals surface area contributed by atoms with Crippen molar-refractivity contribution in [2.75, 3.05) is 13.7 Å². The second-order valence-corrected chi connectivity index (χ2v) is 6.96. The van der Waals surface area contributed by atoms with Crippen LogP contribution in [0.3, 0.4) is 0 Å². The van der Waals surface area contributed by atoms with E-state index in [-0.39, 0.29) is 11.9 Å². The lowest BCUT2D eigenvalue weighted by atomic mass is 10.0. The van der Waals surface area contributed by atoms with Gasteiger partial charge >= 0.3 is 0 Å². The van der Waals surface area contributed by atoms with Crippen molar-refractivity contribution in [3.63, 3.8) is 0 Å². The van der Waals surface area contributed by atoms with E-state index in [4.69, 9.17) is 10.5 Å². The Hall–Kier alpha value is -2.79. The van der Waals surface area contributed by atoms with Crippen LogP contribution in [0.2, 0.25) is 0 Å². The lowest BCUT2D eigenvalue weighted by molar-refractivity contribution is -0.129. The number of carbonyl (C=O) groups is 1. The highest BCUT2D eigenvalue weighted by molar-refractivity contribution is 5.84. The van der Waals surface area contributed by atoms with Crippen molar-refractivity contribution in [1.29, 1.82) is 0 Å². The van der Waals surface area contributed by atoms with E-state index in [0.29, 0.717) is 13.1 Å². The Balaban J connectivity index is 1.73. The molecular formula is C22H27N3O2. The molecule has 27 heavy (non-hydrogen) atoms. The van der Waals surface area contributed by atoms with Gasteiger partial charge in [0.2, 0.25) is 5.91 Å². The molecule has 0 saturated heterocycles. The molecule has 3 rings (SSSR count). The topological polar surface area (TPSA) is 60.5 Å². The number of fused-ring (bicyclic) bond motifs is 1. The van der Waals surface area contributed by atoms with E-state index in [9.17, 15) is 4.79 Å². The molecule has 5 nitrogen and oxygen atoms in total. The predicted octanol–water partition coefficient (Wildman–Crippen LogP) is 3.11. The van der Waals surface area contributed by atoms with Gasteiger partial charge in [-0.05, 0) is 24.1 Å². The van der Waals surface area contributed by atoms with E-state index < -0.39 is 0 Å². The molecule has 0 spiro atoms. The molecule has 3 aromatic rings. The first-order chi connectivity index (χ1) is 13.0. The van der Waals surface area contributed by atoms with Crippen LogP contribution in [0.15, 0.2) is 54.7 Å². The molecule has 142 valence electrons. The summed E-state index contributed by atoms with van der Waals surface area (Å²) < 4.78 is 7.53. The van der Waals surface area contributed by atoms with Crippen molar-refractivity contribution in [3.05, 3.63) is 65.9 Å². The smallest absolute Gasteiger partial charge is 0.219 e. The summed E-state index contributed by atoms with van der Waals surface area (Å²) in [5.74, 6) is 0.792. The van der Waals surface area contributed by atoms with Gasteiger partial charge in [0, 0.05) is 55.8 Å². The van der Waals surface area contributed by atoms with Gasteiger partial charge in [0.1, 0.15) is 5.75 Å². The standard InChI is InChI=1S/C22H27N3O2/c1-16(26)25(14-17-8-4-7-11-22(17)27-3)15-19(23)12-18-13-24(2)21-10-6-5-9-20(18)21/h4-11,13,19H,12,14-15,23H2,1-3H3. The maximum atomic E-state index is 12.2. The molecule has 0 aliphatic heterocycles. The molecule has 0 saturated carbocycles. The van der Waals surface area contributed by atoms with Crippen molar-refractivity contribution in [2.24, 2.45) is 12.8 Å². The van der Waals surface area contributed by atoms with E-state index >= 15 is 0 Å². The molecule has 1 amide bonds. The van der Waals surface area contributed by atoms with Crippen LogP contribution in [0.4, 0.5) is 0 Å². The van der Waals surface area contributed by atoms with Gasteiger partial charge in [-0.15, -0.1) is 0 Å². The highest BCUT2D eigenvalue weighted by Gasteiger charge is 2.17. The fourth-order valence-electron chi connectivity index (χ4n) is 3.56. The molecule has 2 aromatic carbocycles. The third-order valence-electron chi connectivity index (χ3n) is 4.92. The monoisotopic (exact) mass is 365 g/mol. The van der Waals surface area contributed by atoms with Crippen LogP contribution >= 0.6 is 0 Å². The number of benzene rings is 2. The maximum absolute atomic E-state index is 12.2. The number of nitrogens with zero attached hydrogens (tertiary/aromatic N) is 2. The van der Waals surface area contributed by atoms with Crippen LogP contribution in [0, 0.1) is 0 Å². The van der Waals surface area contributed by atoms with Gasteiger partial charge in [-0.3, -0.25) is 4.79 Å². The number of nitrogens with two attached hydrogens (primary N) is 1. The molecule has 0 aliphatic rings. The van der Waals surface area contributed by atoms with Crippen molar-refractivity contribution in [3.8, 4) is 5.75 Å². The predicted molar refractivity (Wildman–Crippen MR) is 109 cm³/mol. The Bertz CT molecular complexity index is 932. The van der Waals surface area contributed by atoms with Crippen LogP contribution in [0.5, 0.6) is 5.75 Å². The first kappa shape index (κ1) is 19.0. The van der Waals surface area contributed by atoms with E-state index in [1.54, 1.807) is 18.9 Å². The average Bonchev–Trinajstić information content (AvgIpc) is 2.97. The Morgan fingerprint density at radius 1 is 1.15 bits per heavy atom. The molecule has 1 atom stereocenters. The minimum atomic E-state index is -0.144.